The second-order valence-corrected chi connectivity index (χ2v) is 4.83. The maximum atomic E-state index is 11.7. The van der Waals surface area contributed by atoms with Crippen molar-refractivity contribution in [3.63, 3.8) is 0 Å². The van der Waals surface area contributed by atoms with Gasteiger partial charge in [0.1, 0.15) is 0 Å². The maximum absolute atomic E-state index is 11.7. The van der Waals surface area contributed by atoms with Gasteiger partial charge in [-0.25, -0.2) is 4.79 Å². The van der Waals surface area contributed by atoms with Crippen LogP contribution in [0.3, 0.4) is 0 Å². The largest absolute Gasteiger partial charge is 0.480 e. The van der Waals surface area contributed by atoms with Crippen LogP contribution >= 0.6 is 11.6 Å². The Morgan fingerprint density at radius 1 is 1.10 bits per heavy atom. The molecule has 0 spiro atoms. The molecular weight excluding hydrogens is 290 g/mol. The summed E-state index contributed by atoms with van der Waals surface area (Å²) in [6.07, 6.45) is 1.45. The molecule has 0 aliphatic heterocycles. The number of hydrogen-bond acceptors (Lipinski definition) is 4. The van der Waals surface area contributed by atoms with Gasteiger partial charge in [-0.1, -0.05) is 35.9 Å². The van der Waals surface area contributed by atoms with E-state index in [0.29, 0.717) is 27.0 Å². The first-order chi connectivity index (χ1) is 10.1. The van der Waals surface area contributed by atoms with Crippen LogP contribution in [0.15, 0.2) is 62.7 Å². The van der Waals surface area contributed by atoms with Crippen LogP contribution < -0.4 is 5.63 Å². The van der Waals surface area contributed by atoms with Gasteiger partial charge < -0.3 is 9.52 Å². The van der Waals surface area contributed by atoms with E-state index < -0.39 is 11.6 Å². The summed E-state index contributed by atoms with van der Waals surface area (Å²) in [6, 6.07) is 13.9. The lowest BCUT2D eigenvalue weighted by atomic mass is 10.1. The summed E-state index contributed by atoms with van der Waals surface area (Å²) in [7, 11) is 0. The fraction of sp³-hybridized carbons (Fsp3) is 0. The Kier molecular flexibility index (Phi) is 3.46. The van der Waals surface area contributed by atoms with Gasteiger partial charge in [0.25, 0.3) is 5.95 Å². The topological polar surface area (TPSA) is 62.8 Å². The minimum atomic E-state index is -0.581. The average molecular weight is 300 g/mol. The third kappa shape index (κ3) is 2.66. The number of fused-ring (bicyclic) bond motifs is 1. The summed E-state index contributed by atoms with van der Waals surface area (Å²) in [5, 5.41) is 11.4. The number of benzene rings is 2. The third-order valence-electron chi connectivity index (χ3n) is 3.01. The minimum absolute atomic E-state index is 0.352. The monoisotopic (exact) mass is 299 g/mol. The highest BCUT2D eigenvalue weighted by atomic mass is 35.5. The third-order valence-corrected chi connectivity index (χ3v) is 3.24. The number of rotatable bonds is 2. The van der Waals surface area contributed by atoms with E-state index in [0.717, 1.165) is 0 Å². The van der Waals surface area contributed by atoms with E-state index >= 15 is 0 Å². The van der Waals surface area contributed by atoms with Crippen molar-refractivity contribution >= 4 is 34.3 Å². The Bertz CT molecular complexity index is 899. The van der Waals surface area contributed by atoms with Crippen LogP contribution in [-0.4, -0.2) is 11.3 Å². The first-order valence-corrected chi connectivity index (χ1v) is 6.57. The molecule has 3 rings (SSSR count). The summed E-state index contributed by atoms with van der Waals surface area (Å²) < 4.78 is 4.82. The molecule has 0 fully saturated rings. The summed E-state index contributed by atoms with van der Waals surface area (Å²) in [6.45, 7) is 0. The number of nitrogens with zero attached hydrogens (tertiary/aromatic N) is 1. The van der Waals surface area contributed by atoms with Gasteiger partial charge in [-0.3, -0.25) is 4.99 Å². The van der Waals surface area contributed by atoms with E-state index in [1.807, 2.05) is 0 Å². The van der Waals surface area contributed by atoms with Gasteiger partial charge in [-0.2, -0.15) is 0 Å². The fourth-order valence-electron chi connectivity index (χ4n) is 2.03. The molecule has 1 aromatic heterocycles. The SMILES string of the molecule is O=c1oc(O)c(C=Nc2cccc(Cl)c2)c2ccccc12. The van der Waals surface area contributed by atoms with Crippen LogP contribution in [0.25, 0.3) is 10.8 Å². The zero-order valence-corrected chi connectivity index (χ0v) is 11.5. The second-order valence-electron chi connectivity index (χ2n) is 4.39. The summed E-state index contributed by atoms with van der Waals surface area (Å²) in [5.41, 5.74) is 0.408. The lowest BCUT2D eigenvalue weighted by Crippen LogP contribution is -2.01. The molecule has 2 aromatic carbocycles. The van der Waals surface area contributed by atoms with Crippen molar-refractivity contribution in [3.05, 3.63) is 69.5 Å². The molecule has 5 heteroatoms. The highest BCUT2D eigenvalue weighted by molar-refractivity contribution is 6.30. The quantitative estimate of drug-likeness (QED) is 0.730. The van der Waals surface area contributed by atoms with Crippen LogP contribution in [0.4, 0.5) is 5.69 Å². The van der Waals surface area contributed by atoms with Gasteiger partial charge in [0.05, 0.1) is 16.6 Å². The number of aromatic hydroxyl groups is 1. The molecule has 0 bridgehead atoms. The molecule has 104 valence electrons. The standard InChI is InChI=1S/C16H10ClNO3/c17-10-4-3-5-11(8-10)18-9-14-12-6-1-2-7-13(12)15(19)21-16(14)20/h1-9,20H. The predicted molar refractivity (Wildman–Crippen MR) is 82.9 cm³/mol. The zero-order valence-electron chi connectivity index (χ0n) is 10.8. The Labute approximate surface area is 124 Å². The molecule has 0 atom stereocenters. The van der Waals surface area contributed by atoms with Gasteiger partial charge in [0.15, 0.2) is 0 Å². The molecule has 0 saturated carbocycles. The van der Waals surface area contributed by atoms with E-state index in [2.05, 4.69) is 4.99 Å². The van der Waals surface area contributed by atoms with E-state index in [1.165, 1.54) is 6.21 Å². The van der Waals surface area contributed by atoms with Gasteiger partial charge in [0.2, 0.25) is 0 Å². The molecule has 0 amide bonds. The van der Waals surface area contributed by atoms with Crippen molar-refractivity contribution in [1.29, 1.82) is 0 Å². The van der Waals surface area contributed by atoms with Crippen LogP contribution in [0.1, 0.15) is 5.56 Å². The predicted octanol–water partition coefficient (Wildman–Crippen LogP) is 3.90. The Morgan fingerprint density at radius 3 is 2.62 bits per heavy atom. The lowest BCUT2D eigenvalue weighted by molar-refractivity contribution is 0.312. The summed E-state index contributed by atoms with van der Waals surface area (Å²) >= 11 is 5.89. The summed E-state index contributed by atoms with van der Waals surface area (Å²) in [4.78, 5) is 15.9. The van der Waals surface area contributed by atoms with Crippen molar-refractivity contribution < 1.29 is 9.52 Å². The van der Waals surface area contributed by atoms with Crippen molar-refractivity contribution in [3.8, 4) is 5.95 Å². The van der Waals surface area contributed by atoms with Crippen LogP contribution in [-0.2, 0) is 0 Å². The second kappa shape index (κ2) is 5.42. The van der Waals surface area contributed by atoms with Gasteiger partial charge in [0, 0.05) is 16.6 Å². The fourth-order valence-corrected chi connectivity index (χ4v) is 2.21. The van der Waals surface area contributed by atoms with E-state index in [9.17, 15) is 9.90 Å². The Balaban J connectivity index is 2.15. The molecular formula is C16H10ClNO3. The minimum Gasteiger partial charge on any atom is -0.480 e. The summed E-state index contributed by atoms with van der Waals surface area (Å²) in [5.74, 6) is -0.454. The number of aliphatic imine (C=N–C) groups is 1. The molecule has 1 heterocycles. The van der Waals surface area contributed by atoms with Crippen LogP contribution in [0.2, 0.25) is 5.02 Å². The maximum Gasteiger partial charge on any atom is 0.346 e. The van der Waals surface area contributed by atoms with Gasteiger partial charge in [-0.15, -0.1) is 0 Å². The first-order valence-electron chi connectivity index (χ1n) is 6.19. The molecule has 4 nitrogen and oxygen atoms in total. The highest BCUT2D eigenvalue weighted by Gasteiger charge is 2.10. The lowest BCUT2D eigenvalue weighted by Gasteiger charge is -2.02. The Morgan fingerprint density at radius 2 is 1.86 bits per heavy atom. The van der Waals surface area contributed by atoms with Crippen molar-refractivity contribution in [2.24, 2.45) is 4.99 Å². The van der Waals surface area contributed by atoms with Crippen LogP contribution in [0, 0.1) is 0 Å². The number of hydrogen-bond donors (Lipinski definition) is 1. The molecule has 1 N–H and O–H groups in total. The molecule has 3 aromatic rings. The van der Waals surface area contributed by atoms with E-state index in [4.69, 9.17) is 16.0 Å². The van der Waals surface area contributed by atoms with Crippen molar-refractivity contribution in [2.75, 3.05) is 0 Å². The van der Waals surface area contributed by atoms with Crippen molar-refractivity contribution in [1.82, 2.24) is 0 Å². The molecule has 0 aliphatic carbocycles. The van der Waals surface area contributed by atoms with Crippen molar-refractivity contribution in [2.45, 2.75) is 0 Å². The zero-order chi connectivity index (χ0) is 14.8. The molecule has 21 heavy (non-hydrogen) atoms. The smallest absolute Gasteiger partial charge is 0.346 e. The van der Waals surface area contributed by atoms with Gasteiger partial charge in [-0.05, 0) is 24.3 Å². The normalized spacial score (nSPS) is 11.3. The number of halogens is 1. The molecule has 0 radical (unpaired) electrons. The Hall–Kier alpha value is -2.59. The van der Waals surface area contributed by atoms with E-state index in [-0.39, 0.29) is 0 Å². The van der Waals surface area contributed by atoms with Crippen LogP contribution in [0.5, 0.6) is 5.95 Å². The molecule has 0 unspecified atom stereocenters. The average Bonchev–Trinajstić information content (AvgIpc) is 2.47. The molecule has 0 aliphatic rings. The van der Waals surface area contributed by atoms with Gasteiger partial charge >= 0.3 is 5.63 Å². The highest BCUT2D eigenvalue weighted by Crippen LogP contribution is 2.24. The molecule has 0 saturated heterocycles. The first kappa shape index (κ1) is 13.4. The van der Waals surface area contributed by atoms with E-state index in [1.54, 1.807) is 48.5 Å².